The Bertz CT molecular complexity index is 1460. The van der Waals surface area contributed by atoms with Gasteiger partial charge < -0.3 is 4.98 Å². The molecule has 0 unspecified atom stereocenters. The molecule has 132 valence electrons. The molecule has 0 spiro atoms. The van der Waals surface area contributed by atoms with E-state index in [0.29, 0.717) is 0 Å². The minimum absolute atomic E-state index is 0.759. The summed E-state index contributed by atoms with van der Waals surface area (Å²) in [7, 11) is 0. The largest absolute Gasteiger partial charge is 0.330 e. The fourth-order valence-corrected chi connectivity index (χ4v) is 4.07. The molecule has 0 aliphatic rings. The van der Waals surface area contributed by atoms with Crippen LogP contribution in [0.1, 0.15) is 0 Å². The molecule has 2 heterocycles. The molecule has 0 fully saturated rings. The minimum atomic E-state index is 0.759. The summed E-state index contributed by atoms with van der Waals surface area (Å²) in [4.78, 5) is 12.0. The first-order chi connectivity index (χ1) is 13.9. The number of aromatic nitrogens is 4. The Kier molecular flexibility index (Phi) is 3.14. The van der Waals surface area contributed by atoms with E-state index < -0.39 is 0 Å². The van der Waals surface area contributed by atoms with Crippen molar-refractivity contribution < 1.29 is 0 Å². The summed E-state index contributed by atoms with van der Waals surface area (Å²) < 4.78 is 1.99. The van der Waals surface area contributed by atoms with Crippen LogP contribution in [0.25, 0.3) is 49.5 Å². The maximum atomic E-state index is 4.40. The van der Waals surface area contributed by atoms with E-state index in [2.05, 4.69) is 81.7 Å². The molecule has 0 radical (unpaired) electrons. The Balaban J connectivity index is 1.73. The second-order valence-electron chi connectivity index (χ2n) is 6.95. The second kappa shape index (κ2) is 5.79. The van der Waals surface area contributed by atoms with Crippen molar-refractivity contribution in [3.8, 4) is 17.2 Å². The molecule has 0 amide bonds. The molecule has 28 heavy (non-hydrogen) atoms. The molecule has 6 rings (SSSR count). The van der Waals surface area contributed by atoms with Crippen molar-refractivity contribution in [2.45, 2.75) is 0 Å². The number of aromatic amines is 1. The predicted octanol–water partition coefficient (Wildman–Crippen LogP) is 5.72. The number of nitrogens with one attached hydrogen (secondary N) is 1. The molecule has 0 saturated heterocycles. The fraction of sp³-hybridized carbons (Fsp3) is 0. The molecular formula is C24H16N4. The second-order valence-corrected chi connectivity index (χ2v) is 6.95. The molecule has 4 nitrogen and oxygen atoms in total. The van der Waals surface area contributed by atoms with Crippen molar-refractivity contribution >= 4 is 32.3 Å². The molecule has 0 saturated carbocycles. The minimum Gasteiger partial charge on any atom is -0.330 e. The van der Waals surface area contributed by atoms with Crippen LogP contribution in [-0.4, -0.2) is 19.5 Å². The molecule has 0 aliphatic carbocycles. The summed E-state index contributed by atoms with van der Waals surface area (Å²) in [6.07, 6.45) is 7.28. The molecule has 4 heteroatoms. The van der Waals surface area contributed by atoms with E-state index >= 15 is 0 Å². The zero-order valence-corrected chi connectivity index (χ0v) is 15.0. The van der Waals surface area contributed by atoms with E-state index in [0.717, 1.165) is 17.2 Å². The van der Waals surface area contributed by atoms with Gasteiger partial charge in [-0.25, -0.2) is 9.97 Å². The molecule has 1 N–H and O–H groups in total. The number of fused-ring (bicyclic) bond motifs is 4. The number of benzene rings is 4. The highest BCUT2D eigenvalue weighted by molar-refractivity contribution is 6.17. The average molecular weight is 360 g/mol. The standard InChI is InChI=1S/C24H16N4/c1-2-5-18-13-21-19(12-17(18)4-1)9-8-16-6-3-7-20(23(16)21)22-14-25-15-28(22)24-26-10-11-27-24/h1-15H,(H,26,27). The highest BCUT2D eigenvalue weighted by Gasteiger charge is 2.14. The van der Waals surface area contributed by atoms with E-state index in [1.165, 1.54) is 32.3 Å². The van der Waals surface area contributed by atoms with Gasteiger partial charge in [0, 0.05) is 18.0 Å². The summed E-state index contributed by atoms with van der Waals surface area (Å²) in [6.45, 7) is 0. The SMILES string of the molecule is c1ccc2cc3c(ccc4cccc(-c5cncn5-c5ncc[nH]5)c43)cc2c1. The zero-order valence-electron chi connectivity index (χ0n) is 15.0. The van der Waals surface area contributed by atoms with Crippen LogP contribution in [0, 0.1) is 0 Å². The number of imidazole rings is 2. The van der Waals surface area contributed by atoms with Gasteiger partial charge in [0.05, 0.1) is 11.9 Å². The van der Waals surface area contributed by atoms with Crippen LogP contribution < -0.4 is 0 Å². The Morgan fingerprint density at radius 3 is 2.46 bits per heavy atom. The van der Waals surface area contributed by atoms with Gasteiger partial charge in [-0.3, -0.25) is 4.57 Å². The number of rotatable bonds is 2. The molecular weight excluding hydrogens is 344 g/mol. The summed E-state index contributed by atoms with van der Waals surface area (Å²) in [5.41, 5.74) is 2.16. The van der Waals surface area contributed by atoms with Crippen LogP contribution in [-0.2, 0) is 0 Å². The van der Waals surface area contributed by atoms with E-state index in [1.807, 2.05) is 17.0 Å². The van der Waals surface area contributed by atoms with Crippen molar-refractivity contribution in [1.82, 2.24) is 19.5 Å². The van der Waals surface area contributed by atoms with Crippen LogP contribution in [0.15, 0.2) is 91.6 Å². The number of nitrogens with zero attached hydrogens (tertiary/aromatic N) is 3. The van der Waals surface area contributed by atoms with Gasteiger partial charge in [-0.15, -0.1) is 0 Å². The quantitative estimate of drug-likeness (QED) is 0.317. The third-order valence-corrected chi connectivity index (χ3v) is 5.35. The smallest absolute Gasteiger partial charge is 0.212 e. The van der Waals surface area contributed by atoms with Gasteiger partial charge in [0.15, 0.2) is 0 Å². The first kappa shape index (κ1) is 15.2. The van der Waals surface area contributed by atoms with Gasteiger partial charge in [0.1, 0.15) is 6.33 Å². The van der Waals surface area contributed by atoms with Gasteiger partial charge in [-0.05, 0) is 44.5 Å². The summed E-state index contributed by atoms with van der Waals surface area (Å²) >= 11 is 0. The molecule has 4 aromatic carbocycles. The Labute approximate surface area is 161 Å². The van der Waals surface area contributed by atoms with Crippen LogP contribution in [0.4, 0.5) is 0 Å². The number of H-pyrrole nitrogens is 1. The lowest BCUT2D eigenvalue weighted by Crippen LogP contribution is -1.98. The van der Waals surface area contributed by atoms with Crippen LogP contribution in [0.3, 0.4) is 0 Å². The topological polar surface area (TPSA) is 46.5 Å². The van der Waals surface area contributed by atoms with Crippen molar-refractivity contribution in [3.63, 3.8) is 0 Å². The maximum absolute atomic E-state index is 4.40. The monoisotopic (exact) mass is 360 g/mol. The molecule has 2 aromatic heterocycles. The lowest BCUT2D eigenvalue weighted by atomic mass is 9.94. The zero-order chi connectivity index (χ0) is 18.5. The Hall–Kier alpha value is -3.92. The highest BCUT2D eigenvalue weighted by atomic mass is 15.2. The van der Waals surface area contributed by atoms with Gasteiger partial charge in [0.2, 0.25) is 5.95 Å². The molecule has 0 bridgehead atoms. The Morgan fingerprint density at radius 2 is 1.61 bits per heavy atom. The van der Waals surface area contributed by atoms with Crippen molar-refractivity contribution in [1.29, 1.82) is 0 Å². The lowest BCUT2D eigenvalue weighted by molar-refractivity contribution is 0.967. The molecule has 0 atom stereocenters. The number of hydrogen-bond acceptors (Lipinski definition) is 2. The fourth-order valence-electron chi connectivity index (χ4n) is 4.07. The maximum Gasteiger partial charge on any atom is 0.212 e. The molecule has 6 aromatic rings. The third kappa shape index (κ3) is 2.18. The van der Waals surface area contributed by atoms with Gasteiger partial charge in [-0.2, -0.15) is 0 Å². The van der Waals surface area contributed by atoms with Gasteiger partial charge in [0.25, 0.3) is 0 Å². The first-order valence-corrected chi connectivity index (χ1v) is 9.25. The predicted molar refractivity (Wildman–Crippen MR) is 114 cm³/mol. The van der Waals surface area contributed by atoms with Crippen LogP contribution in [0.2, 0.25) is 0 Å². The third-order valence-electron chi connectivity index (χ3n) is 5.35. The van der Waals surface area contributed by atoms with Crippen LogP contribution >= 0.6 is 0 Å². The van der Waals surface area contributed by atoms with E-state index in [1.54, 1.807) is 12.5 Å². The summed E-state index contributed by atoms with van der Waals surface area (Å²) in [5.74, 6) is 0.759. The lowest BCUT2D eigenvalue weighted by Gasteiger charge is -2.12. The van der Waals surface area contributed by atoms with Crippen molar-refractivity contribution in [2.24, 2.45) is 0 Å². The number of hydrogen-bond donors (Lipinski definition) is 1. The first-order valence-electron chi connectivity index (χ1n) is 9.25. The molecule has 0 aliphatic heterocycles. The summed E-state index contributed by atoms with van der Waals surface area (Å²) in [6, 6.07) is 23.9. The van der Waals surface area contributed by atoms with E-state index in [9.17, 15) is 0 Å². The highest BCUT2D eigenvalue weighted by Crippen LogP contribution is 2.36. The van der Waals surface area contributed by atoms with E-state index in [-0.39, 0.29) is 0 Å². The van der Waals surface area contributed by atoms with Crippen LogP contribution in [0.5, 0.6) is 0 Å². The normalized spacial score (nSPS) is 11.6. The van der Waals surface area contributed by atoms with Crippen molar-refractivity contribution in [2.75, 3.05) is 0 Å². The van der Waals surface area contributed by atoms with Gasteiger partial charge in [-0.1, -0.05) is 54.6 Å². The average Bonchev–Trinajstić information content (AvgIpc) is 3.43. The van der Waals surface area contributed by atoms with E-state index in [4.69, 9.17) is 0 Å². The van der Waals surface area contributed by atoms with Crippen molar-refractivity contribution in [3.05, 3.63) is 91.6 Å². The Morgan fingerprint density at radius 1 is 0.786 bits per heavy atom. The van der Waals surface area contributed by atoms with Gasteiger partial charge >= 0.3 is 0 Å². The summed E-state index contributed by atoms with van der Waals surface area (Å²) in [5, 5.41) is 7.44.